The van der Waals surface area contributed by atoms with Crippen molar-refractivity contribution in [1.82, 2.24) is 10.2 Å². The van der Waals surface area contributed by atoms with Gasteiger partial charge < -0.3 is 10.2 Å². The Morgan fingerprint density at radius 2 is 2.43 bits per heavy atom. The summed E-state index contributed by atoms with van der Waals surface area (Å²) in [5.74, 6) is 0.627. The number of urea groups is 1. The van der Waals surface area contributed by atoms with E-state index in [1.54, 1.807) is 0 Å². The molecule has 3 nitrogen and oxygen atoms in total. The average Bonchev–Trinajstić information content (AvgIpc) is 2.14. The van der Waals surface area contributed by atoms with Crippen molar-refractivity contribution < 1.29 is 4.79 Å². The van der Waals surface area contributed by atoms with E-state index in [0.29, 0.717) is 12.5 Å². The van der Waals surface area contributed by atoms with E-state index in [1.807, 2.05) is 4.90 Å². The van der Waals surface area contributed by atoms with Gasteiger partial charge in [-0.05, 0) is 18.8 Å². The van der Waals surface area contributed by atoms with Crippen molar-refractivity contribution in [1.29, 1.82) is 0 Å². The Labute approximate surface area is 93.7 Å². The summed E-state index contributed by atoms with van der Waals surface area (Å²) in [7, 11) is 0. The summed E-state index contributed by atoms with van der Waals surface area (Å²) in [4.78, 5) is 13.5. The van der Waals surface area contributed by atoms with Crippen LogP contribution >= 0.6 is 15.9 Å². The highest BCUT2D eigenvalue weighted by atomic mass is 79.9. The molecule has 1 saturated heterocycles. The highest BCUT2D eigenvalue weighted by molar-refractivity contribution is 9.11. The summed E-state index contributed by atoms with van der Waals surface area (Å²) >= 11 is 3.21. The van der Waals surface area contributed by atoms with Crippen molar-refractivity contribution >= 4 is 22.0 Å². The first-order chi connectivity index (χ1) is 6.59. The van der Waals surface area contributed by atoms with E-state index in [1.165, 1.54) is 6.42 Å². The van der Waals surface area contributed by atoms with Crippen LogP contribution in [0.25, 0.3) is 0 Å². The minimum Gasteiger partial charge on any atom is -0.333 e. The van der Waals surface area contributed by atoms with Crippen LogP contribution in [0.3, 0.4) is 0 Å². The molecule has 1 atom stereocenters. The van der Waals surface area contributed by atoms with Gasteiger partial charge >= 0.3 is 6.03 Å². The van der Waals surface area contributed by atoms with Gasteiger partial charge in [-0.2, -0.15) is 0 Å². The fraction of sp³-hybridized carbons (Fsp3) is 0.700. The van der Waals surface area contributed by atoms with Gasteiger partial charge in [0.25, 0.3) is 0 Å². The zero-order valence-corrected chi connectivity index (χ0v) is 10.1. The van der Waals surface area contributed by atoms with Crippen molar-refractivity contribution in [3.8, 4) is 0 Å². The Balaban J connectivity index is 2.32. The van der Waals surface area contributed by atoms with E-state index in [4.69, 9.17) is 0 Å². The van der Waals surface area contributed by atoms with Crippen molar-refractivity contribution in [2.75, 3.05) is 19.6 Å². The van der Waals surface area contributed by atoms with E-state index in [9.17, 15) is 4.79 Å². The van der Waals surface area contributed by atoms with Gasteiger partial charge in [0, 0.05) is 17.6 Å². The summed E-state index contributed by atoms with van der Waals surface area (Å²) in [6, 6.07) is 0.0251. The summed E-state index contributed by atoms with van der Waals surface area (Å²) in [6.45, 7) is 8.11. The smallest absolute Gasteiger partial charge is 0.317 e. The number of halogens is 1. The summed E-state index contributed by atoms with van der Waals surface area (Å²) in [6.07, 6.45) is 2.35. The molecule has 1 unspecified atom stereocenters. The molecule has 1 fully saturated rings. The fourth-order valence-corrected chi connectivity index (χ4v) is 1.80. The third kappa shape index (κ3) is 3.70. The molecule has 0 saturated carbocycles. The standard InChI is InChI=1S/C10H17BrN2O/c1-8-4-3-5-13(7-8)10(14)12-6-9(2)11/h8H,2-7H2,1H3,(H,12,14). The number of rotatable bonds is 2. The minimum atomic E-state index is 0.0251. The number of hydrogen-bond donors (Lipinski definition) is 1. The molecule has 4 heteroatoms. The molecule has 80 valence electrons. The largest absolute Gasteiger partial charge is 0.333 e. The van der Waals surface area contributed by atoms with Gasteiger partial charge in [0.2, 0.25) is 0 Å². The van der Waals surface area contributed by atoms with Crippen molar-refractivity contribution in [2.24, 2.45) is 5.92 Å². The SMILES string of the molecule is C=C(Br)CNC(=O)N1CCCC(C)C1. The Bertz CT molecular complexity index is 230. The van der Waals surface area contributed by atoms with E-state index >= 15 is 0 Å². The van der Waals surface area contributed by atoms with Crippen LogP contribution in [0.15, 0.2) is 11.1 Å². The second-order valence-corrected chi connectivity index (χ2v) is 4.99. The van der Waals surface area contributed by atoms with E-state index in [2.05, 4.69) is 34.7 Å². The topological polar surface area (TPSA) is 32.3 Å². The number of piperidine rings is 1. The van der Waals surface area contributed by atoms with Crippen LogP contribution in [0.2, 0.25) is 0 Å². The van der Waals surface area contributed by atoms with Crippen LogP contribution < -0.4 is 5.32 Å². The van der Waals surface area contributed by atoms with Crippen LogP contribution in [-0.4, -0.2) is 30.6 Å². The second-order valence-electron chi connectivity index (χ2n) is 3.87. The number of carbonyl (C=O) groups excluding carboxylic acids is 1. The van der Waals surface area contributed by atoms with Crippen LogP contribution in [0, 0.1) is 5.92 Å². The number of amides is 2. The number of hydrogen-bond acceptors (Lipinski definition) is 1. The molecule has 1 rings (SSSR count). The Morgan fingerprint density at radius 1 is 1.71 bits per heavy atom. The predicted octanol–water partition coefficient (Wildman–Crippen LogP) is 2.34. The molecule has 0 bridgehead atoms. The van der Waals surface area contributed by atoms with Gasteiger partial charge in [-0.1, -0.05) is 29.4 Å². The third-order valence-corrected chi connectivity index (χ3v) is 2.66. The molecule has 14 heavy (non-hydrogen) atoms. The van der Waals surface area contributed by atoms with E-state index in [-0.39, 0.29) is 6.03 Å². The van der Waals surface area contributed by atoms with Crippen molar-refractivity contribution in [3.63, 3.8) is 0 Å². The summed E-state index contributed by atoms with van der Waals surface area (Å²) in [5.41, 5.74) is 0. The lowest BCUT2D eigenvalue weighted by molar-refractivity contribution is 0.171. The number of nitrogens with one attached hydrogen (secondary N) is 1. The van der Waals surface area contributed by atoms with Gasteiger partial charge in [-0.3, -0.25) is 0 Å². The van der Waals surface area contributed by atoms with Crippen LogP contribution in [0.5, 0.6) is 0 Å². The van der Waals surface area contributed by atoms with Crippen molar-refractivity contribution in [3.05, 3.63) is 11.1 Å². The van der Waals surface area contributed by atoms with Gasteiger partial charge in [-0.15, -0.1) is 0 Å². The number of nitrogens with zero attached hydrogens (tertiary/aromatic N) is 1. The summed E-state index contributed by atoms with van der Waals surface area (Å²) < 4.78 is 0.802. The lowest BCUT2D eigenvalue weighted by atomic mass is 10.0. The highest BCUT2D eigenvalue weighted by Gasteiger charge is 2.20. The molecule has 0 aromatic carbocycles. The van der Waals surface area contributed by atoms with Crippen LogP contribution in [0.4, 0.5) is 4.79 Å². The molecule has 1 aliphatic rings. The Morgan fingerprint density at radius 3 is 3.00 bits per heavy atom. The normalized spacial score (nSPS) is 21.9. The summed E-state index contributed by atoms with van der Waals surface area (Å²) in [5, 5.41) is 2.81. The van der Waals surface area contributed by atoms with Gasteiger partial charge in [-0.25, -0.2) is 4.79 Å². The molecular weight excluding hydrogens is 244 g/mol. The maximum absolute atomic E-state index is 11.6. The first kappa shape index (κ1) is 11.6. The maximum atomic E-state index is 11.6. The molecule has 1 aliphatic heterocycles. The van der Waals surface area contributed by atoms with Gasteiger partial charge in [0.05, 0.1) is 6.54 Å². The third-order valence-electron chi connectivity index (χ3n) is 2.38. The predicted molar refractivity (Wildman–Crippen MR) is 61.4 cm³/mol. The highest BCUT2D eigenvalue weighted by Crippen LogP contribution is 2.15. The lowest BCUT2D eigenvalue weighted by Gasteiger charge is -2.30. The minimum absolute atomic E-state index is 0.0251. The maximum Gasteiger partial charge on any atom is 0.317 e. The first-order valence-corrected chi connectivity index (χ1v) is 5.75. The molecule has 0 aliphatic carbocycles. The van der Waals surface area contributed by atoms with Crippen LogP contribution in [0.1, 0.15) is 19.8 Å². The molecule has 0 radical (unpaired) electrons. The van der Waals surface area contributed by atoms with E-state index < -0.39 is 0 Å². The van der Waals surface area contributed by atoms with Crippen molar-refractivity contribution in [2.45, 2.75) is 19.8 Å². The molecule has 2 amide bonds. The average molecular weight is 261 g/mol. The molecular formula is C10H17BrN2O. The molecule has 0 aromatic heterocycles. The quantitative estimate of drug-likeness (QED) is 0.813. The van der Waals surface area contributed by atoms with Gasteiger partial charge in [0.15, 0.2) is 0 Å². The monoisotopic (exact) mass is 260 g/mol. The number of carbonyl (C=O) groups is 1. The Kier molecular flexibility index (Phi) is 4.45. The van der Waals surface area contributed by atoms with E-state index in [0.717, 1.165) is 24.0 Å². The zero-order chi connectivity index (χ0) is 10.6. The number of likely N-dealkylation sites (tertiary alicyclic amines) is 1. The van der Waals surface area contributed by atoms with Gasteiger partial charge in [0.1, 0.15) is 0 Å². The molecule has 1 N–H and O–H groups in total. The Hall–Kier alpha value is -0.510. The lowest BCUT2D eigenvalue weighted by Crippen LogP contribution is -2.45. The van der Waals surface area contributed by atoms with Crippen LogP contribution in [-0.2, 0) is 0 Å². The molecule has 1 heterocycles. The molecule has 0 aromatic rings. The zero-order valence-electron chi connectivity index (χ0n) is 8.55. The fourth-order valence-electron chi connectivity index (χ4n) is 1.66. The second kappa shape index (κ2) is 5.39. The molecule has 0 spiro atoms. The first-order valence-electron chi connectivity index (χ1n) is 4.95.